The van der Waals surface area contributed by atoms with E-state index in [0.29, 0.717) is 36.1 Å². The van der Waals surface area contributed by atoms with Gasteiger partial charge in [-0.3, -0.25) is 19.7 Å². The van der Waals surface area contributed by atoms with Crippen LogP contribution in [0.4, 0.5) is 5.69 Å². The Morgan fingerprint density at radius 1 is 1.22 bits per heavy atom. The fourth-order valence-electron chi connectivity index (χ4n) is 4.12. The average Bonchev–Trinajstić information content (AvgIpc) is 3.39. The number of benzene rings is 1. The van der Waals surface area contributed by atoms with Gasteiger partial charge in [0.25, 0.3) is 5.91 Å². The minimum absolute atomic E-state index is 0.0581. The summed E-state index contributed by atoms with van der Waals surface area (Å²) in [5.41, 5.74) is 9.17. The zero-order valence-electron chi connectivity index (χ0n) is 22.3. The summed E-state index contributed by atoms with van der Waals surface area (Å²) in [6, 6.07) is 10.5. The maximum absolute atomic E-state index is 11.9. The number of allylic oxidation sites excluding steroid dienone is 2. The molecule has 0 spiro atoms. The SMILES string of the molecule is CC1(C)OC(=C(C#N)C#N)C(C#N)=C1C=Cc1ccc(N=[N+]=[N-])c(OCCCCCC(=O)OC2CC(=O)NC2=O)c1. The lowest BCUT2D eigenvalue weighted by Gasteiger charge is -2.20. The first-order valence-electron chi connectivity index (χ1n) is 12.6. The van der Waals surface area contributed by atoms with Crippen LogP contribution >= 0.6 is 0 Å². The third-order valence-electron chi connectivity index (χ3n) is 6.13. The Bertz CT molecular complexity index is 1510. The van der Waals surface area contributed by atoms with E-state index >= 15 is 0 Å². The van der Waals surface area contributed by atoms with E-state index in [0.717, 1.165) is 0 Å². The molecule has 1 N–H and O–H groups in total. The molecule has 0 saturated carbocycles. The van der Waals surface area contributed by atoms with E-state index in [-0.39, 0.29) is 42.0 Å². The quantitative estimate of drug-likeness (QED) is 0.0774. The van der Waals surface area contributed by atoms with E-state index in [2.05, 4.69) is 15.3 Å². The second-order valence-electron chi connectivity index (χ2n) is 9.44. The van der Waals surface area contributed by atoms with Gasteiger partial charge in [-0.05, 0) is 56.3 Å². The number of nitrogens with one attached hydrogen (secondary N) is 1. The zero-order chi connectivity index (χ0) is 30.0. The summed E-state index contributed by atoms with van der Waals surface area (Å²) in [6.45, 7) is 3.70. The van der Waals surface area contributed by atoms with Gasteiger partial charge in [-0.15, -0.1) is 0 Å². The molecule has 2 amide bonds. The summed E-state index contributed by atoms with van der Waals surface area (Å²) in [7, 11) is 0. The van der Waals surface area contributed by atoms with Gasteiger partial charge in [-0.25, -0.2) is 0 Å². The van der Waals surface area contributed by atoms with Gasteiger partial charge in [0, 0.05) is 16.9 Å². The normalized spacial score (nSPS) is 17.1. The molecule has 1 saturated heterocycles. The number of carbonyl (C=O) groups excluding carboxylic acids is 3. The van der Waals surface area contributed by atoms with Gasteiger partial charge in [-0.1, -0.05) is 23.3 Å². The first kappa shape index (κ1) is 30.0. The maximum atomic E-state index is 11.9. The summed E-state index contributed by atoms with van der Waals surface area (Å²) in [5.74, 6) is -1.37. The minimum Gasteiger partial charge on any atom is -0.493 e. The highest BCUT2D eigenvalue weighted by atomic mass is 16.5. The second-order valence-corrected chi connectivity index (χ2v) is 9.44. The van der Waals surface area contributed by atoms with Crippen LogP contribution in [0.2, 0.25) is 0 Å². The molecule has 1 aromatic carbocycles. The van der Waals surface area contributed by atoms with Crippen LogP contribution in [0.1, 0.15) is 51.5 Å². The van der Waals surface area contributed by atoms with Crippen LogP contribution in [0.25, 0.3) is 16.5 Å². The first-order valence-corrected chi connectivity index (χ1v) is 12.6. The molecular formula is C28H25N7O6. The number of hydrogen-bond donors (Lipinski definition) is 1. The minimum atomic E-state index is -1.07. The fourth-order valence-corrected chi connectivity index (χ4v) is 4.12. The highest BCUT2D eigenvalue weighted by molar-refractivity contribution is 6.05. The molecule has 208 valence electrons. The Hall–Kier alpha value is -5.57. The zero-order valence-corrected chi connectivity index (χ0v) is 22.3. The number of nitriles is 3. The third kappa shape index (κ3) is 7.51. The van der Waals surface area contributed by atoms with Crippen molar-refractivity contribution in [3.63, 3.8) is 0 Å². The van der Waals surface area contributed by atoms with Gasteiger partial charge in [0.05, 0.1) is 18.7 Å². The predicted molar refractivity (Wildman–Crippen MR) is 142 cm³/mol. The third-order valence-corrected chi connectivity index (χ3v) is 6.13. The lowest BCUT2D eigenvalue weighted by atomic mass is 9.94. The molecule has 2 heterocycles. The summed E-state index contributed by atoms with van der Waals surface area (Å²) in [5, 5.41) is 33.9. The number of nitrogens with zero attached hydrogens (tertiary/aromatic N) is 6. The van der Waals surface area contributed by atoms with Crippen molar-refractivity contribution in [3.05, 3.63) is 62.8 Å². The molecule has 1 unspecified atom stereocenters. The van der Waals surface area contributed by atoms with Crippen molar-refractivity contribution in [2.75, 3.05) is 6.61 Å². The number of azide groups is 1. The molecule has 0 bridgehead atoms. The van der Waals surface area contributed by atoms with Gasteiger partial charge in [-0.2, -0.15) is 15.8 Å². The maximum Gasteiger partial charge on any atom is 0.306 e. The van der Waals surface area contributed by atoms with Crippen LogP contribution in [0.3, 0.4) is 0 Å². The molecule has 1 atom stereocenters. The Kier molecular flexibility index (Phi) is 9.86. The lowest BCUT2D eigenvalue weighted by Crippen LogP contribution is -2.28. The van der Waals surface area contributed by atoms with Crippen molar-refractivity contribution < 1.29 is 28.6 Å². The number of hydrogen-bond acceptors (Lipinski definition) is 10. The van der Waals surface area contributed by atoms with Crippen LogP contribution in [0, 0.1) is 34.0 Å². The van der Waals surface area contributed by atoms with Crippen LogP contribution in [0.15, 0.2) is 51.9 Å². The molecule has 3 rings (SSSR count). The van der Waals surface area contributed by atoms with Crippen LogP contribution < -0.4 is 10.1 Å². The summed E-state index contributed by atoms with van der Waals surface area (Å²) >= 11 is 0. The Balaban J connectivity index is 1.63. The number of carbonyl (C=O) groups is 3. The number of rotatable bonds is 11. The van der Waals surface area contributed by atoms with Gasteiger partial charge >= 0.3 is 5.97 Å². The van der Waals surface area contributed by atoms with Crippen LogP contribution in [-0.2, 0) is 23.9 Å². The second kappa shape index (κ2) is 13.5. The Morgan fingerprint density at radius 3 is 2.61 bits per heavy atom. The summed E-state index contributed by atoms with van der Waals surface area (Å²) < 4.78 is 16.6. The van der Waals surface area contributed by atoms with Gasteiger partial charge < -0.3 is 14.2 Å². The van der Waals surface area contributed by atoms with Gasteiger partial charge in [0.2, 0.25) is 5.91 Å². The number of ether oxygens (including phenoxy) is 3. The lowest BCUT2D eigenvalue weighted by molar-refractivity contribution is -0.154. The molecule has 0 radical (unpaired) electrons. The highest BCUT2D eigenvalue weighted by Gasteiger charge is 2.38. The molecular weight excluding hydrogens is 530 g/mol. The van der Waals surface area contributed by atoms with E-state index in [1.165, 1.54) is 0 Å². The Labute approximate surface area is 235 Å². The average molecular weight is 556 g/mol. The highest BCUT2D eigenvalue weighted by Crippen LogP contribution is 2.40. The molecule has 1 aromatic rings. The molecule has 41 heavy (non-hydrogen) atoms. The number of esters is 1. The molecule has 1 fully saturated rings. The summed E-state index contributed by atoms with van der Waals surface area (Å²) in [6.07, 6.45) is 3.90. The number of amides is 2. The van der Waals surface area contributed by atoms with Crippen molar-refractivity contribution in [3.8, 4) is 24.0 Å². The van der Waals surface area contributed by atoms with Crippen molar-refractivity contribution in [2.24, 2.45) is 5.11 Å². The molecule has 2 aliphatic heterocycles. The molecule has 13 nitrogen and oxygen atoms in total. The molecule has 13 heteroatoms. The van der Waals surface area contributed by atoms with Crippen LogP contribution in [0.5, 0.6) is 5.75 Å². The van der Waals surface area contributed by atoms with Crippen LogP contribution in [-0.4, -0.2) is 36.1 Å². The standard InChI is InChI=1S/C28H25N7O6/c1-28(2)20(19(16-31)26(41-28)18(14-29)15-30)9-7-17-8-10-21(34-35-32)22(12-17)39-11-5-3-4-6-25(37)40-23-13-24(36)33-27(23)38/h7-10,12,23H,3-6,11,13H2,1-2H3,(H,33,36,38). The van der Waals surface area contributed by atoms with E-state index in [1.807, 2.05) is 6.07 Å². The van der Waals surface area contributed by atoms with Gasteiger partial charge in [0.1, 0.15) is 35.1 Å². The summed E-state index contributed by atoms with van der Waals surface area (Å²) in [4.78, 5) is 37.4. The van der Waals surface area contributed by atoms with Crippen molar-refractivity contribution in [1.29, 1.82) is 15.8 Å². The monoisotopic (exact) mass is 555 g/mol. The molecule has 0 aliphatic carbocycles. The van der Waals surface area contributed by atoms with E-state index < -0.39 is 29.5 Å². The first-order chi connectivity index (χ1) is 19.6. The van der Waals surface area contributed by atoms with E-state index in [4.69, 9.17) is 19.7 Å². The largest absolute Gasteiger partial charge is 0.493 e. The fraction of sp³-hybridized carbons (Fsp3) is 0.357. The van der Waals surface area contributed by atoms with Gasteiger partial charge in [0.15, 0.2) is 17.4 Å². The van der Waals surface area contributed by atoms with E-state index in [9.17, 15) is 30.2 Å². The number of imide groups is 1. The topological polar surface area (TPSA) is 211 Å². The molecule has 0 aromatic heterocycles. The molecule has 2 aliphatic rings. The van der Waals surface area contributed by atoms with E-state index in [1.54, 1.807) is 56.3 Å². The Morgan fingerprint density at radius 2 is 1.98 bits per heavy atom. The smallest absolute Gasteiger partial charge is 0.306 e. The predicted octanol–water partition coefficient (Wildman–Crippen LogP) is 4.47. The van der Waals surface area contributed by atoms with Crippen molar-refractivity contribution >= 4 is 29.5 Å². The number of unbranched alkanes of at least 4 members (excludes halogenated alkanes) is 2. The van der Waals surface area contributed by atoms with Crippen molar-refractivity contribution in [2.45, 2.75) is 57.7 Å². The van der Waals surface area contributed by atoms with Crippen molar-refractivity contribution in [1.82, 2.24) is 5.32 Å².